The molecule has 142 valence electrons. The first-order valence-electron chi connectivity index (χ1n) is 6.29. The Bertz CT molecular complexity index is 817. The molecule has 1 aromatic carbocycles. The highest BCUT2D eigenvalue weighted by Gasteiger charge is 2.51. The van der Waals surface area contributed by atoms with Crippen LogP contribution in [0.15, 0.2) is 22.7 Å². The Morgan fingerprint density at radius 1 is 1.48 bits per heavy atom. The second-order valence-electron chi connectivity index (χ2n) is 4.97. The van der Waals surface area contributed by atoms with Gasteiger partial charge in [0.1, 0.15) is 5.25 Å². The lowest BCUT2D eigenvalue weighted by atomic mass is 10.1. The second-order valence-corrected chi connectivity index (χ2v) is 10.5. The summed E-state index contributed by atoms with van der Waals surface area (Å²) >= 11 is 3.37. The highest BCUT2D eigenvalue weighted by atomic mass is 79.9. The minimum atomic E-state index is -5.72. The number of carbonyl (C=O) groups is 1. The zero-order chi connectivity index (χ0) is 19.6. The van der Waals surface area contributed by atoms with Crippen molar-refractivity contribution >= 4 is 51.4 Å². The third kappa shape index (κ3) is 6.27. The Morgan fingerprint density at radius 2 is 2.04 bits per heavy atom. The number of carbonyl (C=O) groups excluding carboxylic acids is 1. The van der Waals surface area contributed by atoms with Gasteiger partial charge >= 0.3 is 13.3 Å². The van der Waals surface area contributed by atoms with E-state index in [1.165, 1.54) is 0 Å². The number of amides is 1. The van der Waals surface area contributed by atoms with Crippen LogP contribution >= 0.6 is 35.5 Å². The summed E-state index contributed by atoms with van der Waals surface area (Å²) in [6, 6.07) is 3.10. The van der Waals surface area contributed by atoms with Crippen molar-refractivity contribution in [2.75, 3.05) is 6.26 Å². The molecule has 14 heteroatoms. The number of hydrogen-bond donors (Lipinski definition) is 4. The Hall–Kier alpha value is -0.560. The monoisotopic (exact) mass is 482 g/mol. The predicted octanol–water partition coefficient (Wildman–Crippen LogP) is 1.27. The number of hydrogen-bond acceptors (Lipinski definition) is 5. The van der Waals surface area contributed by atoms with E-state index in [0.29, 0.717) is 17.5 Å². The van der Waals surface area contributed by atoms with Gasteiger partial charge in [-0.25, -0.2) is 8.42 Å². The number of rotatable bonds is 8. The average molecular weight is 483 g/mol. The molecule has 0 aromatic heterocycles. The summed E-state index contributed by atoms with van der Waals surface area (Å²) in [5, 5.41) is -1.02. The van der Waals surface area contributed by atoms with E-state index in [9.17, 15) is 26.6 Å². The Balaban J connectivity index is 3.06. The SMILES string of the molecule is CS(=O)(=O)NSC(Cc1ccc(C(F)(F)P(=O)(O)O)c(Br)c1)C(N)=O. The van der Waals surface area contributed by atoms with Crippen molar-refractivity contribution in [3.8, 4) is 0 Å². The van der Waals surface area contributed by atoms with Crippen molar-refractivity contribution in [3.63, 3.8) is 0 Å². The van der Waals surface area contributed by atoms with E-state index in [4.69, 9.17) is 15.5 Å². The predicted molar refractivity (Wildman–Crippen MR) is 92.3 cm³/mol. The Kier molecular flexibility index (Phi) is 7.18. The minimum absolute atomic E-state index is 0.0944. The summed E-state index contributed by atoms with van der Waals surface area (Å²) in [6.07, 6.45) is 0.788. The first kappa shape index (κ1) is 22.5. The van der Waals surface area contributed by atoms with E-state index in [2.05, 4.69) is 15.9 Å². The van der Waals surface area contributed by atoms with Crippen LogP contribution in [-0.2, 0) is 31.5 Å². The number of primary amides is 1. The quantitative estimate of drug-likeness (QED) is 0.322. The van der Waals surface area contributed by atoms with Gasteiger partial charge in [-0.2, -0.15) is 12.9 Å². The van der Waals surface area contributed by atoms with E-state index >= 15 is 0 Å². The molecule has 0 saturated carbocycles. The van der Waals surface area contributed by atoms with Gasteiger partial charge in [-0.3, -0.25) is 9.36 Å². The summed E-state index contributed by atoms with van der Waals surface area (Å²) in [6.45, 7) is 0. The van der Waals surface area contributed by atoms with Crippen molar-refractivity contribution in [1.29, 1.82) is 0 Å². The van der Waals surface area contributed by atoms with E-state index in [1.807, 2.05) is 4.13 Å². The third-order valence-electron chi connectivity index (χ3n) is 2.80. The van der Waals surface area contributed by atoms with Crippen molar-refractivity contribution in [3.05, 3.63) is 33.8 Å². The molecule has 0 aliphatic carbocycles. The highest BCUT2D eigenvalue weighted by Crippen LogP contribution is 2.60. The van der Waals surface area contributed by atoms with E-state index in [-0.39, 0.29) is 10.9 Å². The zero-order valence-electron chi connectivity index (χ0n) is 12.5. The molecule has 0 heterocycles. The van der Waals surface area contributed by atoms with Crippen LogP contribution in [0, 0.1) is 0 Å². The van der Waals surface area contributed by atoms with Crippen LogP contribution in [0.1, 0.15) is 11.1 Å². The number of benzene rings is 1. The summed E-state index contributed by atoms with van der Waals surface area (Å²) < 4.78 is 62.3. The maximum Gasteiger partial charge on any atom is 0.399 e. The summed E-state index contributed by atoms with van der Waals surface area (Å²) in [7, 11) is -9.31. The van der Waals surface area contributed by atoms with Crippen molar-refractivity contribution in [2.45, 2.75) is 17.3 Å². The van der Waals surface area contributed by atoms with Crippen molar-refractivity contribution in [1.82, 2.24) is 4.13 Å². The van der Waals surface area contributed by atoms with Gasteiger partial charge in [-0.05, 0) is 18.1 Å². The molecule has 0 saturated heterocycles. The molecule has 25 heavy (non-hydrogen) atoms. The summed E-state index contributed by atoms with van der Waals surface area (Å²) in [5.74, 6) is -0.832. The summed E-state index contributed by atoms with van der Waals surface area (Å²) in [4.78, 5) is 28.9. The first-order valence-corrected chi connectivity index (χ1v) is 11.5. The van der Waals surface area contributed by atoms with Gasteiger partial charge in [-0.1, -0.05) is 40.0 Å². The largest absolute Gasteiger partial charge is 0.399 e. The standard InChI is InChI=1S/C11H14BrF2N2O6PS2/c1-25(21,22)16-24-9(10(15)17)5-6-2-3-7(8(12)4-6)11(13,14)23(18,19)20/h2-4,9,16H,5H2,1H3,(H2,15,17)(H2,18,19,20). The van der Waals surface area contributed by atoms with Crippen LogP contribution in [-0.4, -0.2) is 35.6 Å². The van der Waals surface area contributed by atoms with Crippen LogP contribution in [0.5, 0.6) is 0 Å². The number of sulfonamides is 1. The fourth-order valence-corrected chi connectivity index (χ4v) is 4.54. The van der Waals surface area contributed by atoms with Gasteiger partial charge in [0.25, 0.3) is 0 Å². The Morgan fingerprint density at radius 3 is 2.44 bits per heavy atom. The second kappa shape index (κ2) is 7.99. The normalized spacial score (nSPS) is 14.3. The van der Waals surface area contributed by atoms with Crippen LogP contribution in [0.3, 0.4) is 0 Å². The minimum Gasteiger partial charge on any atom is -0.369 e. The third-order valence-corrected chi connectivity index (χ3v) is 6.71. The van der Waals surface area contributed by atoms with Gasteiger partial charge in [-0.15, -0.1) is 0 Å². The molecular weight excluding hydrogens is 469 g/mol. The van der Waals surface area contributed by atoms with Gasteiger partial charge in [0, 0.05) is 10.0 Å². The fourth-order valence-electron chi connectivity index (χ4n) is 1.65. The van der Waals surface area contributed by atoms with Crippen LogP contribution in [0.25, 0.3) is 0 Å². The molecule has 1 rings (SSSR count). The van der Waals surface area contributed by atoms with Crippen LogP contribution < -0.4 is 9.86 Å². The van der Waals surface area contributed by atoms with E-state index < -0.39 is 40.0 Å². The molecule has 0 radical (unpaired) electrons. The average Bonchev–Trinajstić information content (AvgIpc) is 2.40. The zero-order valence-corrected chi connectivity index (χ0v) is 16.6. The molecule has 1 unspecified atom stereocenters. The Labute approximate surface area is 155 Å². The molecule has 0 aliphatic rings. The molecule has 5 N–H and O–H groups in total. The van der Waals surface area contributed by atoms with Crippen LogP contribution in [0.4, 0.5) is 8.78 Å². The fraction of sp³-hybridized carbons (Fsp3) is 0.364. The first-order chi connectivity index (χ1) is 11.1. The molecule has 0 fully saturated rings. The maximum atomic E-state index is 13.8. The number of alkyl halides is 2. The summed E-state index contributed by atoms with van der Waals surface area (Å²) in [5.41, 5.74) is 0.198. The van der Waals surface area contributed by atoms with Gasteiger partial charge in [0.05, 0.1) is 6.26 Å². The number of nitrogens with one attached hydrogen (secondary N) is 1. The lowest BCUT2D eigenvalue weighted by molar-refractivity contribution is -0.117. The van der Waals surface area contributed by atoms with Crippen molar-refractivity contribution in [2.24, 2.45) is 5.73 Å². The molecule has 0 spiro atoms. The topological polar surface area (TPSA) is 147 Å². The molecule has 0 aliphatic heterocycles. The molecular formula is C11H14BrF2N2O6PS2. The van der Waals surface area contributed by atoms with Gasteiger partial charge in [0.15, 0.2) is 0 Å². The van der Waals surface area contributed by atoms with E-state index in [1.54, 1.807) is 0 Å². The van der Waals surface area contributed by atoms with Gasteiger partial charge < -0.3 is 15.5 Å². The molecule has 0 bridgehead atoms. The van der Waals surface area contributed by atoms with E-state index in [0.717, 1.165) is 24.5 Å². The maximum absolute atomic E-state index is 13.8. The lowest BCUT2D eigenvalue weighted by Crippen LogP contribution is -2.31. The molecule has 1 atom stereocenters. The molecule has 1 aromatic rings. The van der Waals surface area contributed by atoms with Crippen molar-refractivity contribution < 1.29 is 36.3 Å². The number of halogens is 3. The number of nitrogens with two attached hydrogens (primary N) is 1. The molecule has 1 amide bonds. The lowest BCUT2D eigenvalue weighted by Gasteiger charge is -2.20. The highest BCUT2D eigenvalue weighted by molar-refractivity contribution is 9.10. The smallest absolute Gasteiger partial charge is 0.369 e. The van der Waals surface area contributed by atoms with Crippen LogP contribution in [0.2, 0.25) is 0 Å². The van der Waals surface area contributed by atoms with Gasteiger partial charge in [0.2, 0.25) is 15.9 Å². The molecule has 8 nitrogen and oxygen atoms in total.